The van der Waals surface area contributed by atoms with Crippen LogP contribution in [0.4, 0.5) is 0 Å². The molecule has 3 aromatic carbocycles. The van der Waals surface area contributed by atoms with Crippen molar-refractivity contribution in [2.24, 2.45) is 0 Å². The van der Waals surface area contributed by atoms with Crippen molar-refractivity contribution in [2.45, 2.75) is 25.9 Å². The number of halogens is 1. The van der Waals surface area contributed by atoms with Crippen molar-refractivity contribution in [2.75, 3.05) is 13.2 Å². The van der Waals surface area contributed by atoms with E-state index in [0.29, 0.717) is 25.3 Å². The highest BCUT2D eigenvalue weighted by Gasteiger charge is 2.30. The van der Waals surface area contributed by atoms with Crippen molar-refractivity contribution in [1.29, 1.82) is 0 Å². The van der Waals surface area contributed by atoms with Gasteiger partial charge in [-0.05, 0) is 42.3 Å². The molecule has 3 rings (SSSR count). The molecule has 0 aromatic heterocycles. The third-order valence-corrected chi connectivity index (χ3v) is 5.46. The Morgan fingerprint density at radius 3 is 2.25 bits per heavy atom. The van der Waals surface area contributed by atoms with Crippen LogP contribution in [0.25, 0.3) is 0 Å². The maximum Gasteiger partial charge on any atom is 0.261 e. The molecule has 0 spiro atoms. The van der Waals surface area contributed by atoms with E-state index in [4.69, 9.17) is 4.74 Å². The lowest BCUT2D eigenvalue weighted by atomic mass is 10.0. The highest BCUT2D eigenvalue weighted by molar-refractivity contribution is 9.10. The second-order valence-corrected chi connectivity index (χ2v) is 8.27. The van der Waals surface area contributed by atoms with Gasteiger partial charge >= 0.3 is 0 Å². The number of carbonyl (C=O) groups excluding carboxylic acids is 2. The van der Waals surface area contributed by atoms with Crippen molar-refractivity contribution in [3.05, 3.63) is 101 Å². The van der Waals surface area contributed by atoms with E-state index in [1.807, 2.05) is 79.7 Å². The maximum atomic E-state index is 13.4. The van der Waals surface area contributed by atoms with Gasteiger partial charge in [-0.3, -0.25) is 9.59 Å². The number of hydrogen-bond donors (Lipinski definition) is 1. The first-order valence-electron chi connectivity index (χ1n) is 10.6. The predicted octanol–water partition coefficient (Wildman–Crippen LogP) is 4.60. The molecular weight excluding hydrogens is 468 g/mol. The van der Waals surface area contributed by atoms with Gasteiger partial charge in [0.2, 0.25) is 5.91 Å². The zero-order valence-corrected chi connectivity index (χ0v) is 19.6. The molecule has 1 atom stereocenters. The van der Waals surface area contributed by atoms with Crippen LogP contribution in [0.5, 0.6) is 5.75 Å². The first-order valence-corrected chi connectivity index (χ1v) is 11.4. The molecule has 0 aliphatic heterocycles. The number of ether oxygens (including phenoxy) is 1. The third kappa shape index (κ3) is 6.95. The number of para-hydroxylation sites is 1. The summed E-state index contributed by atoms with van der Waals surface area (Å²) in [5.41, 5.74) is 1.91. The summed E-state index contributed by atoms with van der Waals surface area (Å²) in [7, 11) is 0. The van der Waals surface area contributed by atoms with Gasteiger partial charge < -0.3 is 15.0 Å². The monoisotopic (exact) mass is 494 g/mol. The molecule has 32 heavy (non-hydrogen) atoms. The highest BCUT2D eigenvalue weighted by Crippen LogP contribution is 2.18. The third-order valence-electron chi connectivity index (χ3n) is 4.97. The minimum Gasteiger partial charge on any atom is -0.484 e. The second kappa shape index (κ2) is 12.1. The van der Waals surface area contributed by atoms with Gasteiger partial charge in [-0.1, -0.05) is 76.6 Å². The van der Waals surface area contributed by atoms with E-state index in [1.54, 1.807) is 17.0 Å². The average molecular weight is 495 g/mol. The summed E-state index contributed by atoms with van der Waals surface area (Å²) in [5.74, 6) is 0.182. The summed E-state index contributed by atoms with van der Waals surface area (Å²) in [5, 5.41) is 2.89. The molecule has 6 heteroatoms. The standard InChI is InChI=1S/C26H27BrN2O3/c1-2-28-26(31)24(17-20-10-5-3-6-11-20)29(18-21-12-9-13-22(27)16-21)25(30)19-32-23-14-7-4-8-15-23/h3-16,24H,2,17-19H2,1H3,(H,28,31). The molecule has 0 fully saturated rings. The van der Waals surface area contributed by atoms with Crippen LogP contribution in [0.15, 0.2) is 89.4 Å². The Kier molecular flexibility index (Phi) is 8.87. The molecule has 1 N–H and O–H groups in total. The Morgan fingerprint density at radius 1 is 0.938 bits per heavy atom. The predicted molar refractivity (Wildman–Crippen MR) is 129 cm³/mol. The van der Waals surface area contributed by atoms with Crippen molar-refractivity contribution >= 4 is 27.7 Å². The van der Waals surface area contributed by atoms with Crippen molar-refractivity contribution in [1.82, 2.24) is 10.2 Å². The van der Waals surface area contributed by atoms with Crippen molar-refractivity contribution in [3.8, 4) is 5.75 Å². The molecule has 2 amide bonds. The maximum absolute atomic E-state index is 13.4. The summed E-state index contributed by atoms with van der Waals surface area (Å²) in [6, 6.07) is 26.0. The Hall–Kier alpha value is -3.12. The molecule has 0 saturated heterocycles. The molecule has 1 unspecified atom stereocenters. The van der Waals surface area contributed by atoms with Crippen LogP contribution in [0.1, 0.15) is 18.1 Å². The smallest absolute Gasteiger partial charge is 0.261 e. The van der Waals surface area contributed by atoms with E-state index >= 15 is 0 Å². The highest BCUT2D eigenvalue weighted by atomic mass is 79.9. The van der Waals surface area contributed by atoms with Crippen LogP contribution < -0.4 is 10.1 Å². The lowest BCUT2D eigenvalue weighted by Gasteiger charge is -2.31. The normalized spacial score (nSPS) is 11.4. The van der Waals surface area contributed by atoms with E-state index in [2.05, 4.69) is 21.2 Å². The zero-order valence-electron chi connectivity index (χ0n) is 18.0. The quantitative estimate of drug-likeness (QED) is 0.447. The molecule has 0 bridgehead atoms. The van der Waals surface area contributed by atoms with Crippen LogP contribution in [0.2, 0.25) is 0 Å². The minimum atomic E-state index is -0.664. The summed E-state index contributed by atoms with van der Waals surface area (Å²) in [6.45, 7) is 2.51. The molecule has 0 radical (unpaired) electrons. The van der Waals surface area contributed by atoms with Gasteiger partial charge in [0.1, 0.15) is 11.8 Å². The minimum absolute atomic E-state index is 0.150. The molecule has 0 aliphatic carbocycles. The summed E-state index contributed by atoms with van der Waals surface area (Å²) in [4.78, 5) is 28.0. The average Bonchev–Trinajstić information content (AvgIpc) is 2.81. The van der Waals surface area contributed by atoms with E-state index in [-0.39, 0.29) is 18.4 Å². The van der Waals surface area contributed by atoms with E-state index in [9.17, 15) is 9.59 Å². The van der Waals surface area contributed by atoms with Crippen molar-refractivity contribution in [3.63, 3.8) is 0 Å². The number of likely N-dealkylation sites (N-methyl/N-ethyl adjacent to an activating group) is 1. The number of nitrogens with one attached hydrogen (secondary N) is 1. The largest absolute Gasteiger partial charge is 0.484 e. The lowest BCUT2D eigenvalue weighted by molar-refractivity contribution is -0.142. The second-order valence-electron chi connectivity index (χ2n) is 7.35. The first kappa shape index (κ1) is 23.5. The van der Waals surface area contributed by atoms with Crippen molar-refractivity contribution < 1.29 is 14.3 Å². The van der Waals surface area contributed by atoms with E-state index in [1.165, 1.54) is 0 Å². The number of amides is 2. The van der Waals surface area contributed by atoms with Crippen LogP contribution in [0, 0.1) is 0 Å². The fourth-order valence-electron chi connectivity index (χ4n) is 3.42. The van der Waals surface area contributed by atoms with Gasteiger partial charge in [0.15, 0.2) is 6.61 Å². The molecule has 0 heterocycles. The molecule has 0 aliphatic rings. The molecule has 0 saturated carbocycles. The van der Waals surface area contributed by atoms with E-state index in [0.717, 1.165) is 15.6 Å². The summed E-state index contributed by atoms with van der Waals surface area (Å²) < 4.78 is 6.64. The Morgan fingerprint density at radius 2 is 1.59 bits per heavy atom. The fraction of sp³-hybridized carbons (Fsp3) is 0.231. The first-order chi connectivity index (χ1) is 15.6. The Labute approximate surface area is 197 Å². The van der Waals surface area contributed by atoms with Gasteiger partial charge in [0.25, 0.3) is 5.91 Å². The molecule has 5 nitrogen and oxygen atoms in total. The topological polar surface area (TPSA) is 58.6 Å². The van der Waals surface area contributed by atoms with Crippen LogP contribution in [0.3, 0.4) is 0 Å². The molecule has 3 aromatic rings. The zero-order chi connectivity index (χ0) is 22.8. The Bertz CT molecular complexity index is 1010. The van der Waals surface area contributed by atoms with Gasteiger partial charge in [-0.15, -0.1) is 0 Å². The summed E-state index contributed by atoms with van der Waals surface area (Å²) >= 11 is 3.49. The SMILES string of the molecule is CCNC(=O)C(Cc1ccccc1)N(Cc1cccc(Br)c1)C(=O)COc1ccccc1. The summed E-state index contributed by atoms with van der Waals surface area (Å²) in [6.07, 6.45) is 0.414. The van der Waals surface area contributed by atoms with Gasteiger partial charge in [0, 0.05) is 24.0 Å². The van der Waals surface area contributed by atoms with Crippen LogP contribution in [-0.4, -0.2) is 35.9 Å². The fourth-order valence-corrected chi connectivity index (χ4v) is 3.87. The molecular formula is C26H27BrN2O3. The van der Waals surface area contributed by atoms with Gasteiger partial charge in [0.05, 0.1) is 0 Å². The number of nitrogens with zero attached hydrogens (tertiary/aromatic N) is 1. The Balaban J connectivity index is 1.88. The number of hydrogen-bond acceptors (Lipinski definition) is 3. The van der Waals surface area contributed by atoms with Crippen LogP contribution in [-0.2, 0) is 22.6 Å². The van der Waals surface area contributed by atoms with E-state index < -0.39 is 6.04 Å². The molecule has 166 valence electrons. The van der Waals surface area contributed by atoms with Crippen LogP contribution >= 0.6 is 15.9 Å². The van der Waals surface area contributed by atoms with Gasteiger partial charge in [-0.2, -0.15) is 0 Å². The number of benzene rings is 3. The van der Waals surface area contributed by atoms with Gasteiger partial charge in [-0.25, -0.2) is 0 Å². The number of rotatable bonds is 10. The lowest BCUT2D eigenvalue weighted by Crippen LogP contribution is -2.51. The number of carbonyl (C=O) groups is 2.